The van der Waals surface area contributed by atoms with Gasteiger partial charge in [0.15, 0.2) is 0 Å². The van der Waals surface area contributed by atoms with Gasteiger partial charge < -0.3 is 4.90 Å². The first-order valence-electron chi connectivity index (χ1n) is 3.75. The Morgan fingerprint density at radius 3 is 2.62 bits per heavy atom. The molecule has 1 unspecified atom stereocenters. The molecule has 1 aliphatic rings. The van der Waals surface area contributed by atoms with Gasteiger partial charge in [0.25, 0.3) is 10.1 Å². The summed E-state index contributed by atoms with van der Waals surface area (Å²) < 4.78 is 29.2. The van der Waals surface area contributed by atoms with Crippen LogP contribution >= 0.6 is 11.6 Å². The average molecular weight is 228 g/mol. The maximum atomic E-state index is 11.1. The van der Waals surface area contributed by atoms with Crippen molar-refractivity contribution >= 4 is 27.6 Å². The largest absolute Gasteiger partial charge is 0.340 e. The van der Waals surface area contributed by atoms with E-state index in [1.165, 1.54) is 4.90 Å². The molecule has 0 saturated carbocycles. The number of amides is 1. The maximum Gasteiger partial charge on any atom is 0.266 e. The predicted molar refractivity (Wildman–Crippen MR) is 47.3 cm³/mol. The zero-order valence-electron chi connectivity index (χ0n) is 6.81. The van der Waals surface area contributed by atoms with Gasteiger partial charge in [0.2, 0.25) is 5.91 Å². The van der Waals surface area contributed by atoms with Crippen LogP contribution in [0.5, 0.6) is 0 Å². The Morgan fingerprint density at radius 1 is 1.62 bits per heavy atom. The smallest absolute Gasteiger partial charge is 0.266 e. The standard InChI is InChI=1S/C6H10ClNO4S/c7-5-3-6(9)8(4-5)1-2-13(10,11)12/h5H,1-4H2,(H,10,11,12). The van der Waals surface area contributed by atoms with Crippen molar-refractivity contribution in [2.45, 2.75) is 11.8 Å². The van der Waals surface area contributed by atoms with Gasteiger partial charge >= 0.3 is 0 Å². The Hall–Kier alpha value is -0.330. The van der Waals surface area contributed by atoms with Crippen LogP contribution in [0, 0.1) is 0 Å². The number of carbonyl (C=O) groups is 1. The first-order chi connectivity index (χ1) is 5.88. The lowest BCUT2D eigenvalue weighted by Crippen LogP contribution is -2.30. The van der Waals surface area contributed by atoms with Crippen molar-refractivity contribution in [3.63, 3.8) is 0 Å². The van der Waals surface area contributed by atoms with Crippen molar-refractivity contribution in [1.82, 2.24) is 4.90 Å². The van der Waals surface area contributed by atoms with Crippen LogP contribution in [0.3, 0.4) is 0 Å². The second-order valence-electron chi connectivity index (χ2n) is 2.93. The molecule has 0 aliphatic carbocycles. The van der Waals surface area contributed by atoms with Gasteiger partial charge in [-0.15, -0.1) is 11.6 Å². The molecular weight excluding hydrogens is 218 g/mol. The molecule has 1 rings (SSSR count). The second kappa shape index (κ2) is 3.81. The Bertz CT molecular complexity index is 302. The van der Waals surface area contributed by atoms with Gasteiger partial charge in [-0.2, -0.15) is 8.42 Å². The molecule has 0 aromatic rings. The fourth-order valence-corrected chi connectivity index (χ4v) is 1.92. The number of hydrogen-bond donors (Lipinski definition) is 1. The number of carbonyl (C=O) groups excluding carboxylic acids is 1. The van der Waals surface area contributed by atoms with Crippen LogP contribution in [-0.4, -0.2) is 48.0 Å². The first-order valence-corrected chi connectivity index (χ1v) is 5.80. The third-order valence-corrected chi connectivity index (χ3v) is 2.78. The summed E-state index contributed by atoms with van der Waals surface area (Å²) in [5, 5.41) is -0.242. The summed E-state index contributed by atoms with van der Waals surface area (Å²) in [6.45, 7) is 0.372. The second-order valence-corrected chi connectivity index (χ2v) is 5.12. The predicted octanol–water partition coefficient (Wildman–Crippen LogP) is -0.286. The van der Waals surface area contributed by atoms with E-state index < -0.39 is 15.9 Å². The van der Waals surface area contributed by atoms with Gasteiger partial charge in [-0.3, -0.25) is 9.35 Å². The molecule has 5 nitrogen and oxygen atoms in total. The fourth-order valence-electron chi connectivity index (χ4n) is 1.17. The van der Waals surface area contributed by atoms with Gasteiger partial charge in [0, 0.05) is 19.5 Å². The van der Waals surface area contributed by atoms with Crippen LogP contribution in [0.1, 0.15) is 6.42 Å². The number of alkyl halides is 1. The summed E-state index contributed by atoms with van der Waals surface area (Å²) in [6, 6.07) is 0. The normalized spacial score (nSPS) is 24.0. The van der Waals surface area contributed by atoms with E-state index in [1.807, 2.05) is 0 Å². The number of nitrogens with zero attached hydrogens (tertiary/aromatic N) is 1. The summed E-state index contributed by atoms with van der Waals surface area (Å²) in [5.41, 5.74) is 0. The minimum atomic E-state index is -3.99. The van der Waals surface area contributed by atoms with Crippen LogP contribution in [0.25, 0.3) is 0 Å². The monoisotopic (exact) mass is 227 g/mol. The van der Waals surface area contributed by atoms with Crippen LogP contribution in [0.4, 0.5) is 0 Å². The van der Waals surface area contributed by atoms with Crippen LogP contribution < -0.4 is 0 Å². The van der Waals surface area contributed by atoms with Crippen molar-refractivity contribution in [2.24, 2.45) is 0 Å². The highest BCUT2D eigenvalue weighted by molar-refractivity contribution is 7.85. The number of likely N-dealkylation sites (tertiary alicyclic amines) is 1. The summed E-state index contributed by atoms with van der Waals surface area (Å²) in [4.78, 5) is 12.4. The van der Waals surface area contributed by atoms with Crippen LogP contribution in [-0.2, 0) is 14.9 Å². The quantitative estimate of drug-likeness (QED) is 0.531. The third kappa shape index (κ3) is 3.50. The Morgan fingerprint density at radius 2 is 2.23 bits per heavy atom. The van der Waals surface area contributed by atoms with E-state index in [4.69, 9.17) is 16.2 Å². The number of rotatable bonds is 3. The molecule has 0 radical (unpaired) electrons. The van der Waals surface area contributed by atoms with Crippen LogP contribution in [0.15, 0.2) is 0 Å². The summed E-state index contributed by atoms with van der Waals surface area (Å²) >= 11 is 5.68. The van der Waals surface area contributed by atoms with Crippen molar-refractivity contribution < 1.29 is 17.8 Å². The molecule has 1 saturated heterocycles. The van der Waals surface area contributed by atoms with Gasteiger partial charge in [-0.1, -0.05) is 0 Å². The van der Waals surface area contributed by atoms with Gasteiger partial charge in [-0.05, 0) is 0 Å². The molecule has 0 spiro atoms. The highest BCUT2D eigenvalue weighted by atomic mass is 35.5. The molecule has 7 heteroatoms. The van der Waals surface area contributed by atoms with Crippen molar-refractivity contribution in [2.75, 3.05) is 18.8 Å². The molecule has 1 aliphatic heterocycles. The van der Waals surface area contributed by atoms with Crippen molar-refractivity contribution in [1.29, 1.82) is 0 Å². The van der Waals surface area contributed by atoms with E-state index in [9.17, 15) is 13.2 Å². The zero-order valence-corrected chi connectivity index (χ0v) is 8.38. The molecule has 1 fully saturated rings. The minimum Gasteiger partial charge on any atom is -0.340 e. The Balaban J connectivity index is 2.43. The van der Waals surface area contributed by atoms with E-state index in [2.05, 4.69) is 0 Å². The SMILES string of the molecule is O=C1CC(Cl)CN1CCS(=O)(=O)O. The van der Waals surface area contributed by atoms with Crippen LogP contribution in [0.2, 0.25) is 0 Å². The Labute approximate surface area is 81.4 Å². The van der Waals surface area contributed by atoms with E-state index in [0.717, 1.165) is 0 Å². The fraction of sp³-hybridized carbons (Fsp3) is 0.833. The molecule has 1 N–H and O–H groups in total. The highest BCUT2D eigenvalue weighted by Crippen LogP contribution is 2.15. The number of hydrogen-bond acceptors (Lipinski definition) is 3. The zero-order chi connectivity index (χ0) is 10.1. The van der Waals surface area contributed by atoms with E-state index in [0.29, 0.717) is 6.54 Å². The maximum absolute atomic E-state index is 11.1. The molecule has 13 heavy (non-hydrogen) atoms. The molecule has 1 atom stereocenters. The van der Waals surface area contributed by atoms with E-state index in [-0.39, 0.29) is 24.2 Å². The van der Waals surface area contributed by atoms with Gasteiger partial charge in [0.1, 0.15) is 0 Å². The van der Waals surface area contributed by atoms with Crippen molar-refractivity contribution in [3.8, 4) is 0 Å². The third-order valence-electron chi connectivity index (χ3n) is 1.79. The highest BCUT2D eigenvalue weighted by Gasteiger charge is 2.28. The Kier molecular flexibility index (Phi) is 3.15. The molecular formula is C6H10ClNO4S. The molecule has 1 heterocycles. The minimum absolute atomic E-state index is 0.0148. The van der Waals surface area contributed by atoms with E-state index in [1.54, 1.807) is 0 Å². The molecule has 0 bridgehead atoms. The summed E-state index contributed by atoms with van der Waals surface area (Å²) in [6.07, 6.45) is 0.243. The van der Waals surface area contributed by atoms with Crippen molar-refractivity contribution in [3.05, 3.63) is 0 Å². The number of halogens is 1. The first kappa shape index (κ1) is 10.7. The molecule has 0 aromatic heterocycles. The lowest BCUT2D eigenvalue weighted by molar-refractivity contribution is -0.127. The lowest BCUT2D eigenvalue weighted by atomic mass is 10.4. The van der Waals surface area contributed by atoms with E-state index >= 15 is 0 Å². The summed E-state index contributed by atoms with van der Waals surface area (Å²) in [5.74, 6) is -0.592. The molecule has 76 valence electrons. The lowest BCUT2D eigenvalue weighted by Gasteiger charge is -2.13. The molecule has 0 aromatic carbocycles. The van der Waals surface area contributed by atoms with Gasteiger partial charge in [-0.25, -0.2) is 0 Å². The van der Waals surface area contributed by atoms with Gasteiger partial charge in [0.05, 0.1) is 11.1 Å². The topological polar surface area (TPSA) is 74.7 Å². The molecule has 1 amide bonds. The average Bonchev–Trinajstić information content (AvgIpc) is 2.24. The summed E-state index contributed by atoms with van der Waals surface area (Å²) in [7, 11) is -3.99.